The molecule has 0 aromatic heterocycles. The van der Waals surface area contributed by atoms with Crippen LogP contribution in [0.25, 0.3) is 0 Å². The van der Waals surface area contributed by atoms with Gasteiger partial charge in [0.2, 0.25) is 5.78 Å². The second-order valence-electron chi connectivity index (χ2n) is 1.21. The molecule has 0 unspecified atom stereocenters. The van der Waals surface area contributed by atoms with E-state index in [9.17, 15) is 9.59 Å². The summed E-state index contributed by atoms with van der Waals surface area (Å²) in [7, 11) is -2.17. The zero-order valence-electron chi connectivity index (χ0n) is 5.18. The fourth-order valence-electron chi connectivity index (χ4n) is 0. The summed E-state index contributed by atoms with van der Waals surface area (Å²) in [6.07, 6.45) is 0. The Morgan fingerprint density at radius 1 is 1.20 bits per heavy atom. The first-order chi connectivity index (χ1) is 4.37. The molecule has 0 fully saturated rings. The third-order valence-corrected chi connectivity index (χ3v) is 0.301. The lowest BCUT2D eigenvalue weighted by molar-refractivity contribution is -0.148. The van der Waals surface area contributed by atoms with Crippen LogP contribution in [0.5, 0.6) is 0 Å². The third kappa shape index (κ3) is 27.6. The summed E-state index contributed by atoms with van der Waals surface area (Å²) in [6, 6.07) is 0. The number of rotatable bonds is 1. The highest BCUT2D eigenvalue weighted by molar-refractivity contribution is 6.31. The van der Waals surface area contributed by atoms with E-state index in [1.54, 1.807) is 0 Å². The molecule has 10 heavy (non-hydrogen) atoms. The van der Waals surface area contributed by atoms with E-state index in [4.69, 9.17) is 20.2 Å². The van der Waals surface area contributed by atoms with Crippen molar-refractivity contribution >= 4 is 19.1 Å². The van der Waals surface area contributed by atoms with Gasteiger partial charge in [-0.1, -0.05) is 0 Å². The van der Waals surface area contributed by atoms with Crippen molar-refractivity contribution < 1.29 is 29.8 Å². The summed E-state index contributed by atoms with van der Waals surface area (Å²) in [4.78, 5) is 18.9. The molecule has 0 heterocycles. The molecule has 0 aliphatic heterocycles. The van der Waals surface area contributed by atoms with E-state index in [1.807, 2.05) is 0 Å². The minimum Gasteiger partial charge on any atom is -0.476 e. The number of Topliss-reactive ketones (excluding diaryl/α,β-unsaturated/α-hetero) is 1. The molecule has 0 amide bonds. The van der Waals surface area contributed by atoms with Gasteiger partial charge in [0.15, 0.2) is 0 Å². The van der Waals surface area contributed by atoms with Gasteiger partial charge in [0, 0.05) is 6.92 Å². The monoisotopic (exact) mass is 150 g/mol. The van der Waals surface area contributed by atoms with Gasteiger partial charge in [0.25, 0.3) is 0 Å². The topological polar surface area (TPSA) is 115 Å². The van der Waals surface area contributed by atoms with E-state index in [-0.39, 0.29) is 0 Å². The van der Waals surface area contributed by atoms with Crippen molar-refractivity contribution in [2.45, 2.75) is 6.92 Å². The molecular formula is C3H7BO6. The van der Waals surface area contributed by atoms with Gasteiger partial charge in [0.05, 0.1) is 0 Å². The van der Waals surface area contributed by atoms with Crippen LogP contribution in [0.15, 0.2) is 0 Å². The first-order valence-corrected chi connectivity index (χ1v) is 2.16. The summed E-state index contributed by atoms with van der Waals surface area (Å²) < 4.78 is 0. The second kappa shape index (κ2) is 6.21. The number of hydrogen-bond acceptors (Lipinski definition) is 5. The lowest BCUT2D eigenvalue weighted by atomic mass is 10.3. The van der Waals surface area contributed by atoms with Gasteiger partial charge in [-0.05, 0) is 0 Å². The van der Waals surface area contributed by atoms with Crippen LogP contribution in [0.4, 0.5) is 0 Å². The fourth-order valence-corrected chi connectivity index (χ4v) is 0. The largest absolute Gasteiger partial charge is 0.631 e. The zero-order chi connectivity index (χ0) is 8.73. The van der Waals surface area contributed by atoms with Crippen molar-refractivity contribution in [1.82, 2.24) is 0 Å². The molecule has 0 radical (unpaired) electrons. The van der Waals surface area contributed by atoms with Crippen molar-refractivity contribution in [1.29, 1.82) is 0 Å². The normalized spacial score (nSPS) is 7.20. The van der Waals surface area contributed by atoms with Crippen LogP contribution < -0.4 is 0 Å². The lowest BCUT2D eigenvalue weighted by Crippen LogP contribution is -2.07. The highest BCUT2D eigenvalue weighted by Crippen LogP contribution is 1.61. The van der Waals surface area contributed by atoms with Crippen LogP contribution in [0.2, 0.25) is 0 Å². The molecule has 0 aromatic carbocycles. The lowest BCUT2D eigenvalue weighted by Gasteiger charge is -1.73. The van der Waals surface area contributed by atoms with Gasteiger partial charge >= 0.3 is 13.3 Å². The molecule has 0 saturated heterocycles. The SMILES string of the molecule is CC(=O)C(=O)O.OB(O)O. The van der Waals surface area contributed by atoms with Crippen LogP contribution in [-0.4, -0.2) is 39.3 Å². The Kier molecular flexibility index (Phi) is 7.35. The number of ketones is 1. The Hall–Kier alpha value is -0.915. The minimum absolute atomic E-state index is 0.824. The quantitative estimate of drug-likeness (QED) is 0.245. The highest BCUT2D eigenvalue weighted by atomic mass is 16.5. The number of aliphatic carboxylic acids is 1. The molecule has 0 aliphatic rings. The van der Waals surface area contributed by atoms with Crippen LogP contribution in [0.3, 0.4) is 0 Å². The molecule has 0 bridgehead atoms. The van der Waals surface area contributed by atoms with Crippen LogP contribution >= 0.6 is 0 Å². The van der Waals surface area contributed by atoms with Crippen molar-refractivity contribution in [3.05, 3.63) is 0 Å². The first-order valence-electron chi connectivity index (χ1n) is 2.16. The average Bonchev–Trinajstić information content (AvgIpc) is 1.63. The number of carbonyl (C=O) groups excluding carboxylic acids is 1. The minimum atomic E-state index is -2.17. The van der Waals surface area contributed by atoms with Gasteiger partial charge in [-0.3, -0.25) is 4.79 Å². The van der Waals surface area contributed by atoms with Gasteiger partial charge in [-0.15, -0.1) is 0 Å². The smallest absolute Gasteiger partial charge is 0.476 e. The summed E-state index contributed by atoms with van der Waals surface area (Å²) in [5.74, 6) is -2.20. The third-order valence-electron chi connectivity index (χ3n) is 0.301. The van der Waals surface area contributed by atoms with E-state index in [1.165, 1.54) is 0 Å². The number of carboxylic acids is 1. The standard InChI is InChI=1S/C3H4O3.BH3O3/c1-2(4)3(5)6;2-1(3)4/h1H3,(H,5,6);2-4H. The highest BCUT2D eigenvalue weighted by Gasteiger charge is 1.98. The molecule has 0 spiro atoms. The van der Waals surface area contributed by atoms with E-state index in [0.29, 0.717) is 0 Å². The van der Waals surface area contributed by atoms with Crippen molar-refractivity contribution in [3.63, 3.8) is 0 Å². The summed E-state index contributed by atoms with van der Waals surface area (Å²) in [5, 5.41) is 29.1. The van der Waals surface area contributed by atoms with Crippen LogP contribution in [0, 0.1) is 0 Å². The fraction of sp³-hybridized carbons (Fsp3) is 0.333. The Bertz CT molecular complexity index is 105. The average molecular weight is 150 g/mol. The maximum Gasteiger partial charge on any atom is 0.631 e. The molecule has 0 aliphatic carbocycles. The maximum atomic E-state index is 9.54. The Labute approximate surface area is 56.9 Å². The van der Waals surface area contributed by atoms with Gasteiger partial charge < -0.3 is 20.2 Å². The molecule has 7 heteroatoms. The second-order valence-corrected chi connectivity index (χ2v) is 1.21. The number of carbonyl (C=O) groups is 2. The molecule has 0 rings (SSSR count). The number of carboxylic acid groups (broad SMARTS) is 1. The zero-order valence-corrected chi connectivity index (χ0v) is 5.18. The van der Waals surface area contributed by atoms with Gasteiger partial charge in [0.1, 0.15) is 0 Å². The van der Waals surface area contributed by atoms with E-state index in [0.717, 1.165) is 6.92 Å². The number of hydrogen-bond donors (Lipinski definition) is 4. The Balaban J connectivity index is 0. The van der Waals surface area contributed by atoms with E-state index < -0.39 is 19.1 Å². The van der Waals surface area contributed by atoms with Crippen LogP contribution in [0.1, 0.15) is 6.92 Å². The summed E-state index contributed by atoms with van der Waals surface area (Å²) in [5.41, 5.74) is 0. The van der Waals surface area contributed by atoms with Crippen LogP contribution in [-0.2, 0) is 9.59 Å². The summed E-state index contributed by atoms with van der Waals surface area (Å²) >= 11 is 0. The predicted molar refractivity (Wildman–Crippen MR) is 30.7 cm³/mol. The summed E-state index contributed by atoms with van der Waals surface area (Å²) in [6.45, 7) is 1.00. The predicted octanol–water partition coefficient (Wildman–Crippen LogP) is -2.39. The Morgan fingerprint density at radius 2 is 1.30 bits per heavy atom. The molecule has 0 saturated carbocycles. The molecule has 58 valence electrons. The van der Waals surface area contributed by atoms with Gasteiger partial charge in [-0.25, -0.2) is 4.79 Å². The van der Waals surface area contributed by atoms with E-state index in [2.05, 4.69) is 0 Å². The first kappa shape index (κ1) is 11.8. The molecular weight excluding hydrogens is 143 g/mol. The van der Waals surface area contributed by atoms with E-state index >= 15 is 0 Å². The molecule has 6 nitrogen and oxygen atoms in total. The van der Waals surface area contributed by atoms with Crippen molar-refractivity contribution in [2.75, 3.05) is 0 Å². The molecule has 0 atom stereocenters. The molecule has 4 N–H and O–H groups in total. The van der Waals surface area contributed by atoms with Crippen molar-refractivity contribution in [3.8, 4) is 0 Å². The maximum absolute atomic E-state index is 9.54. The Morgan fingerprint density at radius 3 is 1.30 bits per heavy atom. The van der Waals surface area contributed by atoms with Gasteiger partial charge in [-0.2, -0.15) is 0 Å². The molecule has 0 aromatic rings. The van der Waals surface area contributed by atoms with Crippen molar-refractivity contribution in [2.24, 2.45) is 0 Å².